The predicted octanol–water partition coefficient (Wildman–Crippen LogP) is 2.37. The van der Waals surface area contributed by atoms with Gasteiger partial charge in [0.1, 0.15) is 5.60 Å². The summed E-state index contributed by atoms with van der Waals surface area (Å²) in [7, 11) is -0.648. The van der Waals surface area contributed by atoms with Crippen molar-refractivity contribution in [2.45, 2.75) is 33.3 Å². The molecule has 2 nitrogen and oxygen atoms in total. The van der Waals surface area contributed by atoms with E-state index in [1.165, 1.54) is 0 Å². The third kappa shape index (κ3) is 4.57. The van der Waals surface area contributed by atoms with Crippen LogP contribution in [-0.4, -0.2) is 5.60 Å². The largest absolute Gasteiger partial charge is 0.494 e. The van der Waals surface area contributed by atoms with Gasteiger partial charge in [-0.3, -0.25) is 0 Å². The van der Waals surface area contributed by atoms with E-state index in [0.717, 1.165) is 0 Å². The summed E-state index contributed by atoms with van der Waals surface area (Å²) >= 11 is 0. The maximum atomic E-state index is 10.1. The topological polar surface area (TPSA) is 26.3 Å². The Balaban J connectivity index is 0. The van der Waals surface area contributed by atoms with Crippen LogP contribution < -0.4 is 0 Å². The maximum absolute atomic E-state index is 10.1. The first-order chi connectivity index (χ1) is 4.00. The Hall–Kier alpha value is 0.774. The Morgan fingerprint density at radius 3 is 1.90 bits per heavy atom. The van der Waals surface area contributed by atoms with Crippen molar-refractivity contribution in [1.29, 1.82) is 0 Å². The van der Waals surface area contributed by atoms with Crippen molar-refractivity contribution >= 4 is 8.69 Å². The Bertz CT molecular complexity index is 104. The molecule has 0 saturated carbocycles. The molecule has 58 valence electrons. The molecule has 0 aromatic carbocycles. The third-order valence-corrected chi connectivity index (χ3v) is 2.30. The molecule has 0 N–H and O–H groups in total. The first-order valence-electron chi connectivity index (χ1n) is 3.06. The molecule has 10 heavy (non-hydrogen) atoms. The molecular weight excluding hydrogens is 183 g/mol. The minimum atomic E-state index is -0.648. The molecule has 0 aromatic rings. The minimum absolute atomic E-state index is 0. The normalized spacial score (nSPS) is 11.7. The molecule has 1 atom stereocenters. The van der Waals surface area contributed by atoms with Crippen molar-refractivity contribution in [3.05, 3.63) is 0 Å². The van der Waals surface area contributed by atoms with Crippen LogP contribution in [0.5, 0.6) is 0 Å². The van der Waals surface area contributed by atoms with E-state index in [1.54, 1.807) is 0 Å². The van der Waals surface area contributed by atoms with Gasteiger partial charge < -0.3 is 0 Å². The third-order valence-electron chi connectivity index (χ3n) is 1.70. The first kappa shape index (κ1) is 13.4. The zero-order valence-electron chi connectivity index (χ0n) is 6.89. The average Bonchev–Trinajstić information content (AvgIpc) is 1.65. The summed E-state index contributed by atoms with van der Waals surface area (Å²) in [4.78, 5) is 0. The fourth-order valence-electron chi connectivity index (χ4n) is 0.225. The van der Waals surface area contributed by atoms with Gasteiger partial charge in [0.2, 0.25) is 0 Å². The Kier molecular flexibility index (Phi) is 7.26. The van der Waals surface area contributed by atoms with Gasteiger partial charge in [0.25, 0.3) is 0 Å². The molecule has 0 aromatic heterocycles. The Morgan fingerprint density at radius 2 is 1.80 bits per heavy atom. The number of rotatable bonds is 3. The Morgan fingerprint density at radius 1 is 1.40 bits per heavy atom. The van der Waals surface area contributed by atoms with Crippen LogP contribution in [-0.2, 0) is 30.8 Å². The summed E-state index contributed by atoms with van der Waals surface area (Å²) in [6.45, 7) is 7.95. The summed E-state index contributed by atoms with van der Waals surface area (Å²) in [5.41, 5.74) is -0.250. The fraction of sp³-hybridized carbons (Fsp3) is 1.00. The van der Waals surface area contributed by atoms with Gasteiger partial charge in [0.15, 0.2) is 0 Å². The van der Waals surface area contributed by atoms with Crippen LogP contribution in [0, 0.1) is 5.92 Å². The van der Waals surface area contributed by atoms with Crippen LogP contribution in [0.1, 0.15) is 27.7 Å². The smallest absolute Gasteiger partial charge is 0.142 e. The van der Waals surface area contributed by atoms with Crippen molar-refractivity contribution in [3.63, 3.8) is 0 Å². The average molecular weight is 197 g/mol. The van der Waals surface area contributed by atoms with Gasteiger partial charge in [-0.1, -0.05) is 13.8 Å². The van der Waals surface area contributed by atoms with E-state index in [-0.39, 0.29) is 27.3 Å². The van der Waals surface area contributed by atoms with Crippen molar-refractivity contribution in [3.8, 4) is 0 Å². The van der Waals surface area contributed by atoms with Gasteiger partial charge in [0, 0.05) is 21.7 Å². The SMILES string of the molecule is CC(C)C(C)(C)O[PH+]=O.[Ti]. The van der Waals surface area contributed by atoms with E-state index in [2.05, 4.69) is 0 Å². The first-order valence-corrected chi connectivity index (χ1v) is 3.87. The van der Waals surface area contributed by atoms with Gasteiger partial charge in [-0.2, -0.15) is 0 Å². The molecule has 0 radical (unpaired) electrons. The zero-order valence-corrected chi connectivity index (χ0v) is 9.46. The fourth-order valence-corrected chi connectivity index (χ4v) is 0.676. The molecule has 0 rings (SSSR count). The predicted molar refractivity (Wildman–Crippen MR) is 39.0 cm³/mol. The van der Waals surface area contributed by atoms with Crippen molar-refractivity contribution < 1.29 is 30.8 Å². The van der Waals surface area contributed by atoms with E-state index in [9.17, 15) is 4.57 Å². The van der Waals surface area contributed by atoms with Gasteiger partial charge in [-0.25, -0.2) is 0 Å². The number of hydrogen-bond donors (Lipinski definition) is 0. The molecule has 0 fully saturated rings. The minimum Gasteiger partial charge on any atom is -0.142 e. The number of hydrogen-bond acceptors (Lipinski definition) is 2. The molecule has 0 heterocycles. The van der Waals surface area contributed by atoms with E-state index in [1.807, 2.05) is 27.7 Å². The molecule has 0 amide bonds. The maximum Gasteiger partial charge on any atom is 0.494 e. The van der Waals surface area contributed by atoms with Gasteiger partial charge >= 0.3 is 8.69 Å². The van der Waals surface area contributed by atoms with Crippen molar-refractivity contribution in [1.82, 2.24) is 0 Å². The van der Waals surface area contributed by atoms with Crippen LogP contribution in [0.15, 0.2) is 0 Å². The second-order valence-corrected chi connectivity index (χ2v) is 3.31. The summed E-state index contributed by atoms with van der Waals surface area (Å²) < 4.78 is 15.0. The van der Waals surface area contributed by atoms with E-state index in [0.29, 0.717) is 5.92 Å². The molecule has 0 spiro atoms. The second kappa shape index (κ2) is 5.43. The van der Waals surface area contributed by atoms with Crippen LogP contribution >= 0.6 is 8.69 Å². The molecule has 0 saturated heterocycles. The van der Waals surface area contributed by atoms with E-state index in [4.69, 9.17) is 4.52 Å². The van der Waals surface area contributed by atoms with Crippen molar-refractivity contribution in [2.75, 3.05) is 0 Å². The zero-order chi connectivity index (χ0) is 7.49. The van der Waals surface area contributed by atoms with Crippen LogP contribution in [0.3, 0.4) is 0 Å². The van der Waals surface area contributed by atoms with E-state index < -0.39 is 8.69 Å². The van der Waals surface area contributed by atoms with Crippen molar-refractivity contribution in [2.24, 2.45) is 5.92 Å². The Labute approximate surface area is 78.9 Å². The van der Waals surface area contributed by atoms with E-state index >= 15 is 0 Å². The summed E-state index contributed by atoms with van der Waals surface area (Å²) in [5, 5.41) is 0. The second-order valence-electron chi connectivity index (χ2n) is 2.94. The summed E-state index contributed by atoms with van der Waals surface area (Å²) in [6.07, 6.45) is 0. The van der Waals surface area contributed by atoms with Crippen LogP contribution in [0.4, 0.5) is 0 Å². The van der Waals surface area contributed by atoms with Gasteiger partial charge in [0.05, 0.1) is 0 Å². The molecule has 0 bridgehead atoms. The summed E-state index contributed by atoms with van der Waals surface area (Å²) in [5.74, 6) is 0.402. The quantitative estimate of drug-likeness (QED) is 0.512. The monoisotopic (exact) mass is 197 g/mol. The molecule has 1 unspecified atom stereocenters. The standard InChI is InChI=1S/C6H14O2P.Ti/c1-5(2)6(3,4)8-9-7;/h5,9H,1-4H3;/q+1;. The molecule has 0 aliphatic carbocycles. The summed E-state index contributed by atoms with van der Waals surface area (Å²) in [6, 6.07) is 0. The van der Waals surface area contributed by atoms with Gasteiger partial charge in [-0.15, -0.1) is 4.52 Å². The molecular formula is C6H14O2PTi+. The molecule has 4 heteroatoms. The van der Waals surface area contributed by atoms with Crippen LogP contribution in [0.2, 0.25) is 0 Å². The molecule has 0 aliphatic heterocycles. The van der Waals surface area contributed by atoms with Gasteiger partial charge in [-0.05, 0) is 24.3 Å². The molecule has 0 aliphatic rings. The van der Waals surface area contributed by atoms with Crippen LogP contribution in [0.25, 0.3) is 0 Å².